The molecule has 4 rings (SSSR count). The van der Waals surface area contributed by atoms with Gasteiger partial charge in [0, 0.05) is 11.3 Å². The molecule has 0 amide bonds. The van der Waals surface area contributed by atoms with Crippen LogP contribution in [-0.4, -0.2) is 8.07 Å². The van der Waals surface area contributed by atoms with Crippen LogP contribution in [0.25, 0.3) is 11.1 Å². The van der Waals surface area contributed by atoms with Gasteiger partial charge in [-0.3, -0.25) is 0 Å². The minimum absolute atomic E-state index is 0.762. The molecule has 33 heavy (non-hydrogen) atoms. The Morgan fingerprint density at radius 1 is 0.545 bits per heavy atom. The lowest BCUT2D eigenvalue weighted by atomic mass is 9.85. The van der Waals surface area contributed by atoms with Gasteiger partial charge in [0.05, 0.1) is 0 Å². The molecule has 0 heterocycles. The fourth-order valence-corrected chi connectivity index (χ4v) is 4.27. The zero-order valence-electron chi connectivity index (χ0n) is 19.5. The van der Waals surface area contributed by atoms with Crippen LogP contribution in [0.1, 0.15) is 27.8 Å². The predicted octanol–water partition coefficient (Wildman–Crippen LogP) is 7.51. The summed E-state index contributed by atoms with van der Waals surface area (Å²) in [5.41, 5.74) is 18.3. The molecular formula is C31H29NSi. The van der Waals surface area contributed by atoms with Crippen LogP contribution in [0, 0.1) is 11.5 Å². The second kappa shape index (κ2) is 9.77. The second-order valence-corrected chi connectivity index (χ2v) is 13.9. The van der Waals surface area contributed by atoms with Crippen molar-refractivity contribution in [1.29, 1.82) is 0 Å². The average molecular weight is 444 g/mol. The van der Waals surface area contributed by atoms with E-state index in [9.17, 15) is 0 Å². The molecule has 1 nitrogen and oxygen atoms in total. The molecule has 0 atom stereocenters. The van der Waals surface area contributed by atoms with Gasteiger partial charge in [-0.2, -0.15) is 0 Å². The first kappa shape index (κ1) is 22.4. The zero-order chi connectivity index (χ0) is 23.3. The van der Waals surface area contributed by atoms with Gasteiger partial charge in [0.25, 0.3) is 0 Å². The van der Waals surface area contributed by atoms with Crippen LogP contribution in [-0.2, 0) is 0 Å². The van der Waals surface area contributed by atoms with Crippen molar-refractivity contribution < 1.29 is 0 Å². The second-order valence-electron chi connectivity index (χ2n) is 9.18. The SMILES string of the molecule is C[Si](C)(C)C#Cc1ccc(C(=C(c2ccccc2)c2ccc(N)cc2)c2ccccc2)cc1. The third kappa shape index (κ3) is 5.71. The summed E-state index contributed by atoms with van der Waals surface area (Å²) in [5.74, 6) is 3.37. The van der Waals surface area contributed by atoms with Gasteiger partial charge in [-0.25, -0.2) is 0 Å². The van der Waals surface area contributed by atoms with Gasteiger partial charge in [0.2, 0.25) is 0 Å². The third-order valence-corrected chi connectivity index (χ3v) is 6.20. The molecule has 0 aliphatic carbocycles. The molecule has 0 spiro atoms. The van der Waals surface area contributed by atoms with E-state index in [0.29, 0.717) is 0 Å². The fourth-order valence-electron chi connectivity index (χ4n) is 3.75. The molecule has 4 aromatic carbocycles. The Morgan fingerprint density at radius 2 is 0.939 bits per heavy atom. The molecule has 0 radical (unpaired) electrons. The van der Waals surface area contributed by atoms with E-state index in [1.54, 1.807) is 0 Å². The normalized spacial score (nSPS) is 11.8. The van der Waals surface area contributed by atoms with E-state index in [1.807, 2.05) is 12.1 Å². The van der Waals surface area contributed by atoms with Crippen LogP contribution in [0.15, 0.2) is 109 Å². The molecule has 4 aromatic rings. The number of nitrogen functional groups attached to an aromatic ring is 1. The quantitative estimate of drug-likeness (QED) is 0.150. The Balaban J connectivity index is 1.96. The molecule has 2 N–H and O–H groups in total. The molecule has 0 bridgehead atoms. The maximum atomic E-state index is 6.01. The monoisotopic (exact) mass is 443 g/mol. The number of anilines is 1. The first-order valence-corrected chi connectivity index (χ1v) is 14.8. The Bertz CT molecular complexity index is 1300. The van der Waals surface area contributed by atoms with E-state index >= 15 is 0 Å². The molecule has 0 saturated heterocycles. The Morgan fingerprint density at radius 3 is 1.36 bits per heavy atom. The summed E-state index contributed by atoms with van der Waals surface area (Å²) in [4.78, 5) is 0. The predicted molar refractivity (Wildman–Crippen MR) is 145 cm³/mol. The molecule has 0 unspecified atom stereocenters. The zero-order valence-corrected chi connectivity index (χ0v) is 20.5. The van der Waals surface area contributed by atoms with Crippen LogP contribution in [0.4, 0.5) is 5.69 Å². The van der Waals surface area contributed by atoms with E-state index in [1.165, 1.54) is 22.3 Å². The first-order chi connectivity index (χ1) is 15.9. The van der Waals surface area contributed by atoms with Gasteiger partial charge >= 0.3 is 0 Å². The number of hydrogen-bond donors (Lipinski definition) is 1. The lowest BCUT2D eigenvalue weighted by molar-refractivity contribution is 1.49. The highest BCUT2D eigenvalue weighted by atomic mass is 28.3. The molecular weight excluding hydrogens is 414 g/mol. The van der Waals surface area contributed by atoms with E-state index in [0.717, 1.165) is 22.4 Å². The van der Waals surface area contributed by atoms with E-state index in [2.05, 4.69) is 128 Å². The van der Waals surface area contributed by atoms with Crippen molar-refractivity contribution in [2.24, 2.45) is 0 Å². The van der Waals surface area contributed by atoms with Gasteiger partial charge < -0.3 is 5.73 Å². The Hall–Kier alpha value is -3.80. The standard InChI is InChI=1S/C31H29NSi/c1-33(2,3)23-22-24-14-16-27(17-15-24)30(25-10-6-4-7-11-25)31(26-12-8-5-9-13-26)28-18-20-29(32)21-19-28/h4-21H,32H2,1-3H3. The maximum absolute atomic E-state index is 6.01. The molecule has 0 aromatic heterocycles. The van der Waals surface area contributed by atoms with Crippen molar-refractivity contribution in [2.75, 3.05) is 5.73 Å². The van der Waals surface area contributed by atoms with E-state index in [4.69, 9.17) is 5.73 Å². The largest absolute Gasteiger partial charge is 0.399 e. The number of rotatable bonds is 4. The van der Waals surface area contributed by atoms with E-state index in [-0.39, 0.29) is 0 Å². The summed E-state index contributed by atoms with van der Waals surface area (Å²) in [7, 11) is -1.42. The summed E-state index contributed by atoms with van der Waals surface area (Å²) in [6.07, 6.45) is 0. The summed E-state index contributed by atoms with van der Waals surface area (Å²) in [6.45, 7) is 6.80. The topological polar surface area (TPSA) is 26.0 Å². The highest BCUT2D eigenvalue weighted by molar-refractivity contribution is 6.83. The number of nitrogens with two attached hydrogens (primary N) is 1. The van der Waals surface area contributed by atoms with Crippen molar-refractivity contribution in [3.05, 3.63) is 137 Å². The Labute approximate surface area is 198 Å². The molecule has 0 fully saturated rings. The number of hydrogen-bond acceptors (Lipinski definition) is 1. The van der Waals surface area contributed by atoms with Crippen molar-refractivity contribution in [3.8, 4) is 11.5 Å². The summed E-state index contributed by atoms with van der Waals surface area (Å²) in [5, 5.41) is 0. The van der Waals surface area contributed by atoms with E-state index < -0.39 is 8.07 Å². The van der Waals surface area contributed by atoms with Gasteiger partial charge in [0.15, 0.2) is 0 Å². The van der Waals surface area contributed by atoms with Crippen LogP contribution < -0.4 is 5.73 Å². The lowest BCUT2D eigenvalue weighted by Gasteiger charge is -2.18. The lowest BCUT2D eigenvalue weighted by Crippen LogP contribution is -2.16. The van der Waals surface area contributed by atoms with Crippen LogP contribution in [0.2, 0.25) is 19.6 Å². The van der Waals surface area contributed by atoms with Gasteiger partial charge in [-0.15, -0.1) is 5.54 Å². The highest BCUT2D eigenvalue weighted by Gasteiger charge is 2.16. The molecule has 0 saturated carbocycles. The van der Waals surface area contributed by atoms with Gasteiger partial charge in [0.1, 0.15) is 8.07 Å². The summed E-state index contributed by atoms with van der Waals surface area (Å²) >= 11 is 0. The molecule has 2 heteroatoms. The minimum atomic E-state index is -1.42. The van der Waals surface area contributed by atoms with Gasteiger partial charge in [-0.05, 0) is 57.7 Å². The van der Waals surface area contributed by atoms with Crippen molar-refractivity contribution in [2.45, 2.75) is 19.6 Å². The maximum Gasteiger partial charge on any atom is 0.129 e. The van der Waals surface area contributed by atoms with Crippen molar-refractivity contribution in [1.82, 2.24) is 0 Å². The fraction of sp³-hybridized carbons (Fsp3) is 0.0968. The smallest absolute Gasteiger partial charge is 0.129 e. The van der Waals surface area contributed by atoms with Crippen molar-refractivity contribution >= 4 is 24.9 Å². The molecule has 0 aliphatic rings. The summed E-state index contributed by atoms with van der Waals surface area (Å²) < 4.78 is 0. The highest BCUT2D eigenvalue weighted by Crippen LogP contribution is 2.37. The van der Waals surface area contributed by atoms with Crippen LogP contribution in [0.3, 0.4) is 0 Å². The average Bonchev–Trinajstić information content (AvgIpc) is 2.83. The molecule has 0 aliphatic heterocycles. The summed E-state index contributed by atoms with van der Waals surface area (Å²) in [6, 6.07) is 38.0. The first-order valence-electron chi connectivity index (χ1n) is 11.3. The van der Waals surface area contributed by atoms with Crippen LogP contribution >= 0.6 is 0 Å². The van der Waals surface area contributed by atoms with Crippen LogP contribution in [0.5, 0.6) is 0 Å². The van der Waals surface area contributed by atoms with Crippen molar-refractivity contribution in [3.63, 3.8) is 0 Å². The Kier molecular flexibility index (Phi) is 6.63. The van der Waals surface area contributed by atoms with Gasteiger partial charge in [-0.1, -0.05) is 110 Å². The number of benzene rings is 4. The minimum Gasteiger partial charge on any atom is -0.399 e. The molecule has 162 valence electrons. The third-order valence-electron chi connectivity index (χ3n) is 5.33.